The number of para-hydroxylation sites is 2. The van der Waals surface area contributed by atoms with Crippen LogP contribution in [0.25, 0.3) is 33.7 Å². The second-order valence-corrected chi connectivity index (χ2v) is 18.4. The fourth-order valence-corrected chi connectivity index (χ4v) is 9.83. The van der Waals surface area contributed by atoms with Crippen LogP contribution in [0.2, 0.25) is 0 Å². The lowest BCUT2D eigenvalue weighted by molar-refractivity contribution is -0.122. The maximum atomic E-state index is 11.9. The van der Waals surface area contributed by atoms with Gasteiger partial charge in [0.1, 0.15) is 43.5 Å². The zero-order valence-electron chi connectivity index (χ0n) is 38.6. The first kappa shape index (κ1) is 46.8. The average molecular weight is 915 g/mol. The molecule has 0 spiro atoms. The molecule has 4 N–H and O–H groups in total. The number of β-amino-alcohol motifs (C(OH)–C–C–N with tert-alkyl or cyclic N) is 2. The SMILES string of the molecule is O=C1NCC/C1=C/c1ccccc1OC[C@H](O)CN1CCC(c2ccc3ccccc3c2)CC1.O=C1NOC/C1=C/c1ccccc1OC[C@@H](O)CN1CCC(c2ccc3ccccc3c2)CC1. The minimum Gasteiger partial charge on any atom is -0.490 e. The Bertz CT molecular complexity index is 2550. The highest BCUT2D eigenvalue weighted by molar-refractivity contribution is 6.00. The summed E-state index contributed by atoms with van der Waals surface area (Å²) < 4.78 is 11.9. The fourth-order valence-electron chi connectivity index (χ4n) is 9.83. The third-order valence-corrected chi connectivity index (χ3v) is 13.6. The second-order valence-electron chi connectivity index (χ2n) is 18.4. The highest BCUT2D eigenvalue weighted by atomic mass is 16.7. The van der Waals surface area contributed by atoms with Crippen molar-refractivity contribution in [3.05, 3.63) is 167 Å². The van der Waals surface area contributed by atoms with Gasteiger partial charge in [-0.3, -0.25) is 14.4 Å². The number of aliphatic hydroxyl groups excluding tert-OH is 2. The number of nitrogens with zero attached hydrogens (tertiary/aromatic N) is 2. The molecule has 4 fully saturated rings. The molecule has 0 saturated carbocycles. The van der Waals surface area contributed by atoms with Crippen molar-refractivity contribution in [1.82, 2.24) is 20.6 Å². The number of aliphatic hydroxyl groups is 2. The van der Waals surface area contributed by atoms with Crippen molar-refractivity contribution in [2.24, 2.45) is 0 Å². The van der Waals surface area contributed by atoms with Crippen LogP contribution in [0.3, 0.4) is 0 Å². The molecule has 11 nitrogen and oxygen atoms in total. The predicted octanol–water partition coefficient (Wildman–Crippen LogP) is 8.27. The van der Waals surface area contributed by atoms with Gasteiger partial charge in [0, 0.05) is 41.9 Å². The summed E-state index contributed by atoms with van der Waals surface area (Å²) in [6, 6.07) is 45.8. The number of rotatable bonds is 14. The van der Waals surface area contributed by atoms with E-state index in [9.17, 15) is 19.8 Å². The van der Waals surface area contributed by atoms with E-state index >= 15 is 0 Å². The fraction of sp³-hybridized carbons (Fsp3) is 0.333. The quantitative estimate of drug-likeness (QED) is 0.0798. The number of benzene rings is 6. The maximum absolute atomic E-state index is 11.9. The lowest BCUT2D eigenvalue weighted by atomic mass is 9.88. The maximum Gasteiger partial charge on any atom is 0.273 e. The molecule has 11 heteroatoms. The van der Waals surface area contributed by atoms with E-state index < -0.39 is 12.2 Å². The number of piperidine rings is 2. The van der Waals surface area contributed by atoms with Crippen molar-refractivity contribution in [2.45, 2.75) is 56.1 Å². The van der Waals surface area contributed by atoms with Crippen LogP contribution in [0.15, 0.2) is 145 Å². The molecule has 0 radical (unpaired) electrons. The van der Waals surface area contributed by atoms with Gasteiger partial charge in [-0.25, -0.2) is 5.48 Å². The summed E-state index contributed by atoms with van der Waals surface area (Å²) in [4.78, 5) is 33.3. The van der Waals surface area contributed by atoms with Crippen molar-refractivity contribution in [3.63, 3.8) is 0 Å². The van der Waals surface area contributed by atoms with Gasteiger partial charge < -0.3 is 34.8 Å². The van der Waals surface area contributed by atoms with Gasteiger partial charge in [-0.15, -0.1) is 0 Å². The van der Waals surface area contributed by atoms with E-state index in [2.05, 4.69) is 106 Å². The Kier molecular flexibility index (Phi) is 15.6. The van der Waals surface area contributed by atoms with Gasteiger partial charge in [0.2, 0.25) is 5.91 Å². The molecule has 0 bridgehead atoms. The molecule has 352 valence electrons. The van der Waals surface area contributed by atoms with Gasteiger partial charge in [-0.2, -0.15) is 0 Å². The van der Waals surface area contributed by atoms with E-state index in [0.29, 0.717) is 48.5 Å². The number of hydrogen-bond acceptors (Lipinski definition) is 9. The molecule has 4 saturated heterocycles. The molecule has 4 heterocycles. The van der Waals surface area contributed by atoms with Crippen LogP contribution in [-0.2, 0) is 14.4 Å². The van der Waals surface area contributed by atoms with Gasteiger partial charge in [0.05, 0.1) is 0 Å². The molecule has 0 aliphatic carbocycles. The minimum atomic E-state index is -0.587. The molecule has 6 aromatic carbocycles. The average Bonchev–Trinajstić information content (AvgIpc) is 3.99. The standard InChI is InChI=1S/C29H32N2O3.C28H30N2O4/c32-27(20-34-28-8-4-3-7-25(28)18-26-11-14-30-29(26)33)19-31-15-12-22(13-16-31)24-10-9-21-5-1-2-6-23(21)17-24;31-26(19-33-27-8-4-3-7-24(27)16-25-18-34-29-28(25)32)17-30-13-11-21(12-14-30)23-10-9-20-5-1-2-6-22(20)15-23/h1-10,17-18,22,27,32H,11-16,19-20H2,(H,30,33);1-10,15-16,21,26,31H,11-14,17-19H2,(H,29,32)/b26-18-;25-16-/t27-;26-/m10/s1. The largest absolute Gasteiger partial charge is 0.490 e. The Labute approximate surface area is 399 Å². The Morgan fingerprint density at radius 3 is 1.49 bits per heavy atom. The molecule has 2 amide bonds. The van der Waals surface area contributed by atoms with Crippen molar-refractivity contribution in [1.29, 1.82) is 0 Å². The van der Waals surface area contributed by atoms with Gasteiger partial charge in [0.15, 0.2) is 0 Å². The summed E-state index contributed by atoms with van der Waals surface area (Å²) in [7, 11) is 0. The molecule has 68 heavy (non-hydrogen) atoms. The molecule has 4 aliphatic rings. The van der Waals surface area contributed by atoms with Gasteiger partial charge in [-0.05, 0) is 127 Å². The topological polar surface area (TPSA) is 133 Å². The van der Waals surface area contributed by atoms with Crippen LogP contribution in [0, 0.1) is 0 Å². The molecule has 4 aliphatic heterocycles. The summed E-state index contributed by atoms with van der Waals surface area (Å²) in [5, 5.41) is 29.3. The second kappa shape index (κ2) is 22.6. The van der Waals surface area contributed by atoms with E-state index in [-0.39, 0.29) is 31.6 Å². The number of nitrogens with one attached hydrogen (secondary N) is 2. The van der Waals surface area contributed by atoms with Crippen LogP contribution < -0.4 is 20.3 Å². The Hall–Kier alpha value is -6.34. The van der Waals surface area contributed by atoms with Crippen LogP contribution in [0.5, 0.6) is 11.5 Å². The number of fused-ring (bicyclic) bond motifs is 2. The summed E-state index contributed by atoms with van der Waals surface area (Å²) >= 11 is 0. The predicted molar refractivity (Wildman–Crippen MR) is 268 cm³/mol. The molecule has 10 rings (SSSR count). The molecular weight excluding hydrogens is 853 g/mol. The number of hydrogen-bond donors (Lipinski definition) is 4. The van der Waals surface area contributed by atoms with Crippen molar-refractivity contribution >= 4 is 45.5 Å². The summed E-state index contributed by atoms with van der Waals surface area (Å²) in [5.41, 5.74) is 8.15. The molecule has 2 atom stereocenters. The number of amides is 2. The van der Waals surface area contributed by atoms with Crippen LogP contribution in [0.1, 0.15) is 66.2 Å². The van der Waals surface area contributed by atoms with Gasteiger partial charge in [0.25, 0.3) is 5.91 Å². The van der Waals surface area contributed by atoms with E-state index in [1.54, 1.807) is 6.08 Å². The molecular formula is C57H62N4O7. The summed E-state index contributed by atoms with van der Waals surface area (Å²) in [6.45, 7) is 6.43. The van der Waals surface area contributed by atoms with Crippen molar-refractivity contribution in [2.75, 3.05) is 65.6 Å². The molecule has 6 aromatic rings. The number of likely N-dealkylation sites (tertiary alicyclic amines) is 2. The van der Waals surface area contributed by atoms with Crippen LogP contribution in [-0.4, -0.2) is 110 Å². The Morgan fingerprint density at radius 1 is 0.574 bits per heavy atom. The first-order valence-electron chi connectivity index (χ1n) is 24.1. The number of ether oxygens (including phenoxy) is 2. The van der Waals surface area contributed by atoms with Crippen molar-refractivity contribution < 1.29 is 34.1 Å². The normalized spacial score (nSPS) is 19.4. The summed E-state index contributed by atoms with van der Waals surface area (Å²) in [6.07, 6.45) is 7.62. The molecule has 0 unspecified atom stereocenters. The van der Waals surface area contributed by atoms with E-state index in [0.717, 1.165) is 75.0 Å². The van der Waals surface area contributed by atoms with Crippen molar-refractivity contribution in [3.8, 4) is 11.5 Å². The number of carbonyl (C=O) groups is 2. The molecule has 0 aromatic heterocycles. The highest BCUT2D eigenvalue weighted by Gasteiger charge is 2.25. The Morgan fingerprint density at radius 2 is 1.03 bits per heavy atom. The van der Waals surface area contributed by atoms with E-state index in [1.165, 1.54) is 32.7 Å². The zero-order chi connectivity index (χ0) is 46.7. The van der Waals surface area contributed by atoms with E-state index in [1.807, 2.05) is 54.6 Å². The first-order valence-corrected chi connectivity index (χ1v) is 24.1. The van der Waals surface area contributed by atoms with Gasteiger partial charge in [-0.1, -0.05) is 121 Å². The third-order valence-electron chi connectivity index (χ3n) is 13.6. The first-order chi connectivity index (χ1) is 33.3. The Balaban J connectivity index is 0.000000170. The lowest BCUT2D eigenvalue weighted by Gasteiger charge is -2.33. The smallest absolute Gasteiger partial charge is 0.273 e. The monoisotopic (exact) mass is 914 g/mol. The zero-order valence-corrected chi connectivity index (χ0v) is 38.6. The number of hydroxylamine groups is 1. The lowest BCUT2D eigenvalue weighted by Crippen LogP contribution is -2.40. The highest BCUT2D eigenvalue weighted by Crippen LogP contribution is 2.32. The van der Waals surface area contributed by atoms with Crippen LogP contribution in [0.4, 0.5) is 0 Å². The van der Waals surface area contributed by atoms with Gasteiger partial charge >= 0.3 is 0 Å². The third kappa shape index (κ3) is 12.2. The van der Waals surface area contributed by atoms with Crippen LogP contribution >= 0.6 is 0 Å². The van der Waals surface area contributed by atoms with E-state index in [4.69, 9.17) is 14.3 Å². The number of carbonyl (C=O) groups excluding carboxylic acids is 2. The summed E-state index contributed by atoms with van der Waals surface area (Å²) in [5.74, 6) is 2.23. The minimum absolute atomic E-state index is 0.0121.